The zero-order chi connectivity index (χ0) is 19.8. The molecule has 4 rings (SSSR count). The van der Waals surface area contributed by atoms with E-state index in [1.165, 1.54) is 6.42 Å². The maximum absolute atomic E-state index is 13.4. The minimum absolute atomic E-state index is 0.0574. The Labute approximate surface area is 166 Å². The Morgan fingerprint density at radius 1 is 0.857 bits per heavy atom. The minimum atomic E-state index is 0.0574. The summed E-state index contributed by atoms with van der Waals surface area (Å²) in [7, 11) is 0. The molecule has 5 nitrogen and oxygen atoms in total. The lowest BCUT2D eigenvalue weighted by atomic mass is 9.84. The standard InChI is InChI=1S/C23H29N3O2/c1-16-7-10-21(26-17(2)8-9-18(26)3)20(15-16)23(28)25-13-11-24(12-14-25)22(27)19-5-4-6-19/h7-10,15,19H,4-6,11-14H2,1-3H3. The number of carbonyl (C=O) groups excluding carboxylic acids is 2. The van der Waals surface area contributed by atoms with Crippen molar-refractivity contribution >= 4 is 11.8 Å². The van der Waals surface area contributed by atoms with Gasteiger partial charge in [0.2, 0.25) is 5.91 Å². The summed E-state index contributed by atoms with van der Waals surface area (Å²) in [6, 6.07) is 10.2. The van der Waals surface area contributed by atoms with E-state index in [0.29, 0.717) is 26.2 Å². The molecule has 0 N–H and O–H groups in total. The van der Waals surface area contributed by atoms with Crippen LogP contribution in [0.4, 0.5) is 0 Å². The molecule has 148 valence electrons. The highest BCUT2D eigenvalue weighted by atomic mass is 16.2. The van der Waals surface area contributed by atoms with Gasteiger partial charge in [-0.1, -0.05) is 18.1 Å². The van der Waals surface area contributed by atoms with Crippen LogP contribution in [0.25, 0.3) is 5.69 Å². The fraction of sp³-hybridized carbons (Fsp3) is 0.478. The average molecular weight is 380 g/mol. The Hall–Kier alpha value is -2.56. The number of aryl methyl sites for hydroxylation is 3. The summed E-state index contributed by atoms with van der Waals surface area (Å²) in [6.45, 7) is 8.64. The number of piperazine rings is 1. The van der Waals surface area contributed by atoms with Crippen molar-refractivity contribution in [2.75, 3.05) is 26.2 Å². The van der Waals surface area contributed by atoms with Crippen molar-refractivity contribution in [3.05, 3.63) is 52.8 Å². The molecule has 2 fully saturated rings. The molecule has 2 heterocycles. The van der Waals surface area contributed by atoms with E-state index in [2.05, 4.69) is 36.6 Å². The molecule has 0 atom stereocenters. The summed E-state index contributed by atoms with van der Waals surface area (Å²) in [6.07, 6.45) is 3.23. The first-order valence-electron chi connectivity index (χ1n) is 10.3. The number of nitrogens with zero attached hydrogens (tertiary/aromatic N) is 3. The molecule has 1 aromatic carbocycles. The lowest BCUT2D eigenvalue weighted by Gasteiger charge is -2.38. The average Bonchev–Trinajstić information content (AvgIpc) is 2.98. The Morgan fingerprint density at radius 2 is 1.46 bits per heavy atom. The Balaban J connectivity index is 1.54. The first-order chi connectivity index (χ1) is 13.5. The van der Waals surface area contributed by atoms with E-state index in [9.17, 15) is 9.59 Å². The maximum Gasteiger partial charge on any atom is 0.256 e. The molecule has 5 heteroatoms. The second-order valence-electron chi connectivity index (χ2n) is 8.22. The van der Waals surface area contributed by atoms with E-state index < -0.39 is 0 Å². The normalized spacial score (nSPS) is 17.5. The summed E-state index contributed by atoms with van der Waals surface area (Å²) >= 11 is 0. The van der Waals surface area contributed by atoms with Gasteiger partial charge >= 0.3 is 0 Å². The SMILES string of the molecule is Cc1ccc(-n2c(C)ccc2C)c(C(=O)N2CCN(C(=O)C3CCC3)CC2)c1. The summed E-state index contributed by atoms with van der Waals surface area (Å²) in [5.41, 5.74) is 4.98. The molecule has 2 aromatic rings. The van der Waals surface area contributed by atoms with Crippen LogP contribution in [0, 0.1) is 26.7 Å². The van der Waals surface area contributed by atoms with Gasteiger partial charge in [0.15, 0.2) is 0 Å². The topological polar surface area (TPSA) is 45.6 Å². The van der Waals surface area contributed by atoms with Gasteiger partial charge in [-0.05, 0) is 57.9 Å². The molecule has 1 aliphatic carbocycles. The summed E-state index contributed by atoms with van der Waals surface area (Å²) < 4.78 is 2.14. The highest BCUT2D eigenvalue weighted by molar-refractivity contribution is 5.98. The van der Waals surface area contributed by atoms with Crippen molar-refractivity contribution < 1.29 is 9.59 Å². The van der Waals surface area contributed by atoms with E-state index in [1.54, 1.807) is 0 Å². The van der Waals surface area contributed by atoms with E-state index in [4.69, 9.17) is 0 Å². The molecule has 1 aromatic heterocycles. The summed E-state index contributed by atoms with van der Waals surface area (Å²) in [5, 5.41) is 0. The van der Waals surface area contributed by atoms with Crippen molar-refractivity contribution in [3.8, 4) is 5.69 Å². The zero-order valence-electron chi connectivity index (χ0n) is 17.1. The van der Waals surface area contributed by atoms with E-state index in [0.717, 1.165) is 41.0 Å². The zero-order valence-corrected chi connectivity index (χ0v) is 17.1. The Kier molecular flexibility index (Phi) is 5.00. The molecular formula is C23H29N3O2. The quantitative estimate of drug-likeness (QED) is 0.820. The molecule has 28 heavy (non-hydrogen) atoms. The molecule has 2 amide bonds. The van der Waals surface area contributed by atoms with Crippen LogP contribution in [0.2, 0.25) is 0 Å². The van der Waals surface area contributed by atoms with Crippen LogP contribution in [-0.2, 0) is 4.79 Å². The fourth-order valence-electron chi connectivity index (χ4n) is 4.28. The predicted octanol–water partition coefficient (Wildman–Crippen LogP) is 3.49. The predicted molar refractivity (Wildman–Crippen MR) is 110 cm³/mol. The first kappa shape index (κ1) is 18.8. The van der Waals surface area contributed by atoms with Gasteiger partial charge in [0.05, 0.1) is 11.3 Å². The van der Waals surface area contributed by atoms with Crippen molar-refractivity contribution in [1.29, 1.82) is 0 Å². The third-order valence-electron chi connectivity index (χ3n) is 6.23. The third kappa shape index (κ3) is 3.34. The molecule has 2 aliphatic rings. The fourth-order valence-corrected chi connectivity index (χ4v) is 4.28. The largest absolute Gasteiger partial charge is 0.339 e. The Bertz CT molecular complexity index is 883. The second kappa shape index (κ2) is 7.46. The highest BCUT2D eigenvalue weighted by Gasteiger charge is 2.32. The number of amides is 2. The van der Waals surface area contributed by atoms with Crippen LogP contribution >= 0.6 is 0 Å². The number of hydrogen-bond donors (Lipinski definition) is 0. The van der Waals surface area contributed by atoms with Crippen LogP contribution in [-0.4, -0.2) is 52.4 Å². The smallest absolute Gasteiger partial charge is 0.256 e. The molecule has 0 unspecified atom stereocenters. The Morgan fingerprint density at radius 3 is 2.04 bits per heavy atom. The van der Waals surface area contributed by atoms with Crippen molar-refractivity contribution in [1.82, 2.24) is 14.4 Å². The van der Waals surface area contributed by atoms with Gasteiger partial charge in [-0.2, -0.15) is 0 Å². The van der Waals surface area contributed by atoms with Gasteiger partial charge < -0.3 is 14.4 Å². The molecular weight excluding hydrogens is 350 g/mol. The van der Waals surface area contributed by atoms with Crippen LogP contribution in [0.15, 0.2) is 30.3 Å². The molecule has 1 saturated heterocycles. The number of aromatic nitrogens is 1. The second-order valence-corrected chi connectivity index (χ2v) is 8.22. The van der Waals surface area contributed by atoms with Gasteiger partial charge in [-0.25, -0.2) is 0 Å². The van der Waals surface area contributed by atoms with Gasteiger partial charge in [-0.3, -0.25) is 9.59 Å². The van der Waals surface area contributed by atoms with Crippen LogP contribution in [0.5, 0.6) is 0 Å². The van der Waals surface area contributed by atoms with Gasteiger partial charge in [0.1, 0.15) is 0 Å². The molecule has 1 saturated carbocycles. The lowest BCUT2D eigenvalue weighted by molar-refractivity contribution is -0.139. The minimum Gasteiger partial charge on any atom is -0.339 e. The molecule has 1 aliphatic heterocycles. The van der Waals surface area contributed by atoms with E-state index in [1.807, 2.05) is 28.9 Å². The van der Waals surface area contributed by atoms with Crippen LogP contribution in [0.3, 0.4) is 0 Å². The van der Waals surface area contributed by atoms with Gasteiger partial charge in [0, 0.05) is 43.5 Å². The summed E-state index contributed by atoms with van der Waals surface area (Å²) in [4.78, 5) is 29.7. The molecule has 0 spiro atoms. The van der Waals surface area contributed by atoms with E-state index in [-0.39, 0.29) is 17.7 Å². The monoisotopic (exact) mass is 379 g/mol. The number of hydrogen-bond acceptors (Lipinski definition) is 2. The number of rotatable bonds is 3. The third-order valence-corrected chi connectivity index (χ3v) is 6.23. The van der Waals surface area contributed by atoms with E-state index >= 15 is 0 Å². The van der Waals surface area contributed by atoms with Gasteiger partial charge in [-0.15, -0.1) is 0 Å². The van der Waals surface area contributed by atoms with Crippen molar-refractivity contribution in [2.45, 2.75) is 40.0 Å². The van der Waals surface area contributed by atoms with Crippen LogP contribution in [0.1, 0.15) is 46.6 Å². The maximum atomic E-state index is 13.4. The van der Waals surface area contributed by atoms with Crippen molar-refractivity contribution in [3.63, 3.8) is 0 Å². The van der Waals surface area contributed by atoms with Crippen molar-refractivity contribution in [2.24, 2.45) is 5.92 Å². The number of benzene rings is 1. The number of carbonyl (C=O) groups is 2. The molecule has 0 bridgehead atoms. The lowest BCUT2D eigenvalue weighted by Crippen LogP contribution is -2.52. The van der Waals surface area contributed by atoms with Crippen LogP contribution < -0.4 is 0 Å². The van der Waals surface area contributed by atoms with Gasteiger partial charge in [0.25, 0.3) is 5.91 Å². The molecule has 0 radical (unpaired) electrons. The first-order valence-corrected chi connectivity index (χ1v) is 10.3. The summed E-state index contributed by atoms with van der Waals surface area (Å²) in [5.74, 6) is 0.570. The highest BCUT2D eigenvalue weighted by Crippen LogP contribution is 2.29.